The molecule has 0 saturated carbocycles. The molecule has 2 aromatic carbocycles. The summed E-state index contributed by atoms with van der Waals surface area (Å²) in [6.45, 7) is 5.77. The lowest BCUT2D eigenvalue weighted by Gasteiger charge is -2.27. The average molecular weight is 458 g/mol. The second-order valence-corrected chi connectivity index (χ2v) is 9.63. The normalized spacial score (nSPS) is 15.5. The summed E-state index contributed by atoms with van der Waals surface area (Å²) in [6, 6.07) is 14.7. The number of carbonyl (C=O) groups is 1. The van der Waals surface area contributed by atoms with E-state index in [2.05, 4.69) is 10.2 Å². The van der Waals surface area contributed by atoms with E-state index >= 15 is 0 Å². The predicted octanol–water partition coefficient (Wildman–Crippen LogP) is 1.92. The Bertz CT molecular complexity index is 1040. The molecule has 0 aromatic heterocycles. The average Bonchev–Trinajstić information content (AvgIpc) is 2.83. The fourth-order valence-corrected chi connectivity index (χ4v) is 4.17. The van der Waals surface area contributed by atoms with Crippen molar-refractivity contribution in [2.75, 3.05) is 45.1 Å². The first kappa shape index (κ1) is 23.7. The van der Waals surface area contributed by atoms with Crippen molar-refractivity contribution < 1.29 is 22.7 Å². The molecule has 1 saturated heterocycles. The fraction of sp³-hybridized carbons (Fsp3) is 0.391. The van der Waals surface area contributed by atoms with Gasteiger partial charge in [0.05, 0.1) is 35.5 Å². The van der Waals surface area contributed by atoms with E-state index in [-0.39, 0.29) is 16.6 Å². The number of ether oxygens (including phenoxy) is 2. The molecule has 1 unspecified atom stereocenters. The molecule has 1 aliphatic heterocycles. The standard InChI is InChI=1S/C23H27N3O5S/c1-2-32(28,29)21-9-5-19(6-10-21)22(31-20-7-3-18(17-24)4-8-20)23(27)25-11-12-26-13-15-30-16-14-26/h3-10,22H,2,11-16H2,1H3,(H,25,27). The van der Waals surface area contributed by atoms with Crippen LogP contribution in [0.25, 0.3) is 0 Å². The Labute approximate surface area is 188 Å². The van der Waals surface area contributed by atoms with Crippen LogP contribution in [-0.4, -0.2) is 64.4 Å². The predicted molar refractivity (Wildman–Crippen MR) is 119 cm³/mol. The van der Waals surface area contributed by atoms with Crippen molar-refractivity contribution in [2.45, 2.75) is 17.9 Å². The van der Waals surface area contributed by atoms with Gasteiger partial charge in [-0.15, -0.1) is 0 Å². The lowest BCUT2D eigenvalue weighted by Crippen LogP contribution is -2.42. The van der Waals surface area contributed by atoms with E-state index in [9.17, 15) is 13.2 Å². The first-order chi connectivity index (χ1) is 15.4. The lowest BCUT2D eigenvalue weighted by molar-refractivity contribution is -0.128. The van der Waals surface area contributed by atoms with Crippen LogP contribution in [0.15, 0.2) is 53.4 Å². The Morgan fingerprint density at radius 1 is 1.16 bits per heavy atom. The highest BCUT2D eigenvalue weighted by Crippen LogP contribution is 2.24. The second-order valence-electron chi connectivity index (χ2n) is 7.35. The largest absolute Gasteiger partial charge is 0.476 e. The molecule has 32 heavy (non-hydrogen) atoms. The summed E-state index contributed by atoms with van der Waals surface area (Å²) in [7, 11) is -3.34. The van der Waals surface area contributed by atoms with Gasteiger partial charge in [0.1, 0.15) is 5.75 Å². The molecule has 1 atom stereocenters. The van der Waals surface area contributed by atoms with Gasteiger partial charge in [0.25, 0.3) is 5.91 Å². The van der Waals surface area contributed by atoms with Gasteiger partial charge in [-0.25, -0.2) is 8.42 Å². The van der Waals surface area contributed by atoms with Crippen LogP contribution >= 0.6 is 0 Å². The molecule has 0 spiro atoms. The Morgan fingerprint density at radius 2 is 1.81 bits per heavy atom. The fourth-order valence-electron chi connectivity index (χ4n) is 3.29. The molecule has 9 heteroatoms. The lowest BCUT2D eigenvalue weighted by atomic mass is 10.1. The van der Waals surface area contributed by atoms with Crippen molar-refractivity contribution in [3.05, 3.63) is 59.7 Å². The smallest absolute Gasteiger partial charge is 0.265 e. The van der Waals surface area contributed by atoms with Gasteiger partial charge in [-0.3, -0.25) is 9.69 Å². The third-order valence-electron chi connectivity index (χ3n) is 5.23. The minimum Gasteiger partial charge on any atom is -0.476 e. The summed E-state index contributed by atoms with van der Waals surface area (Å²) in [5.74, 6) is 0.107. The minimum atomic E-state index is -3.34. The quantitative estimate of drug-likeness (QED) is 0.613. The van der Waals surface area contributed by atoms with E-state index in [4.69, 9.17) is 14.7 Å². The van der Waals surface area contributed by atoms with Crippen LogP contribution in [0.4, 0.5) is 0 Å². The maximum atomic E-state index is 13.0. The van der Waals surface area contributed by atoms with Crippen molar-refractivity contribution >= 4 is 15.7 Å². The van der Waals surface area contributed by atoms with E-state index in [1.54, 1.807) is 43.3 Å². The monoisotopic (exact) mass is 457 g/mol. The second kappa shape index (κ2) is 11.1. The van der Waals surface area contributed by atoms with Crippen LogP contribution in [0, 0.1) is 11.3 Å². The highest BCUT2D eigenvalue weighted by Gasteiger charge is 2.24. The molecule has 1 heterocycles. The topological polar surface area (TPSA) is 109 Å². The first-order valence-electron chi connectivity index (χ1n) is 10.5. The molecule has 0 bridgehead atoms. The molecule has 8 nitrogen and oxygen atoms in total. The van der Waals surface area contributed by atoms with E-state index < -0.39 is 15.9 Å². The molecule has 1 N–H and O–H groups in total. The third-order valence-corrected chi connectivity index (χ3v) is 6.98. The van der Waals surface area contributed by atoms with Crippen LogP contribution in [0.1, 0.15) is 24.2 Å². The number of hydrogen-bond acceptors (Lipinski definition) is 7. The van der Waals surface area contributed by atoms with Crippen molar-refractivity contribution in [3.63, 3.8) is 0 Å². The number of benzene rings is 2. The van der Waals surface area contributed by atoms with E-state index in [1.807, 2.05) is 6.07 Å². The number of nitriles is 1. The van der Waals surface area contributed by atoms with Crippen LogP contribution in [-0.2, 0) is 19.4 Å². The summed E-state index contributed by atoms with van der Waals surface area (Å²) in [5.41, 5.74) is 1.02. The molecule has 0 aliphatic carbocycles. The Balaban J connectivity index is 1.75. The van der Waals surface area contributed by atoms with Crippen molar-refractivity contribution in [2.24, 2.45) is 0 Å². The van der Waals surface area contributed by atoms with Gasteiger partial charge in [0, 0.05) is 31.7 Å². The number of carbonyl (C=O) groups excluding carboxylic acids is 1. The summed E-state index contributed by atoms with van der Waals surface area (Å²) >= 11 is 0. The van der Waals surface area contributed by atoms with Gasteiger partial charge in [-0.2, -0.15) is 5.26 Å². The molecule has 1 aliphatic rings. The van der Waals surface area contributed by atoms with Crippen molar-refractivity contribution in [1.29, 1.82) is 5.26 Å². The number of nitrogens with one attached hydrogen (secondary N) is 1. The summed E-state index contributed by atoms with van der Waals surface area (Å²) < 4.78 is 35.5. The number of nitrogens with zero attached hydrogens (tertiary/aromatic N) is 2. The maximum absolute atomic E-state index is 13.0. The maximum Gasteiger partial charge on any atom is 0.265 e. The van der Waals surface area contributed by atoms with Gasteiger partial charge in [-0.1, -0.05) is 19.1 Å². The van der Waals surface area contributed by atoms with E-state index in [0.717, 1.165) is 13.1 Å². The first-order valence-corrected chi connectivity index (χ1v) is 12.2. The molecular formula is C23H27N3O5S. The molecule has 2 aromatic rings. The van der Waals surface area contributed by atoms with Gasteiger partial charge in [-0.05, 0) is 36.4 Å². The molecule has 1 fully saturated rings. The van der Waals surface area contributed by atoms with Crippen LogP contribution in [0.2, 0.25) is 0 Å². The van der Waals surface area contributed by atoms with Crippen molar-refractivity contribution in [3.8, 4) is 11.8 Å². The number of hydrogen-bond donors (Lipinski definition) is 1. The van der Waals surface area contributed by atoms with Crippen LogP contribution < -0.4 is 10.1 Å². The van der Waals surface area contributed by atoms with Gasteiger partial charge < -0.3 is 14.8 Å². The summed E-state index contributed by atoms with van der Waals surface area (Å²) in [4.78, 5) is 15.4. The molecule has 3 rings (SSSR count). The van der Waals surface area contributed by atoms with E-state index in [0.29, 0.717) is 43.2 Å². The van der Waals surface area contributed by atoms with Gasteiger partial charge in [0.15, 0.2) is 9.84 Å². The molecule has 170 valence electrons. The molecule has 1 amide bonds. The number of amides is 1. The van der Waals surface area contributed by atoms with Gasteiger partial charge >= 0.3 is 0 Å². The molecule has 0 radical (unpaired) electrons. The summed E-state index contributed by atoms with van der Waals surface area (Å²) in [5, 5.41) is 11.9. The van der Waals surface area contributed by atoms with E-state index in [1.165, 1.54) is 12.1 Å². The third kappa shape index (κ3) is 6.29. The molecular weight excluding hydrogens is 430 g/mol. The van der Waals surface area contributed by atoms with Crippen molar-refractivity contribution in [1.82, 2.24) is 10.2 Å². The zero-order chi connectivity index (χ0) is 23.0. The Hall–Kier alpha value is -2.93. The summed E-state index contributed by atoms with van der Waals surface area (Å²) in [6.07, 6.45) is -0.967. The number of rotatable bonds is 9. The highest BCUT2D eigenvalue weighted by molar-refractivity contribution is 7.91. The zero-order valence-electron chi connectivity index (χ0n) is 18.0. The minimum absolute atomic E-state index is 0.000454. The Morgan fingerprint density at radius 3 is 2.41 bits per heavy atom. The van der Waals surface area contributed by atoms with Crippen LogP contribution in [0.5, 0.6) is 5.75 Å². The number of sulfone groups is 1. The van der Waals surface area contributed by atoms with Crippen LogP contribution in [0.3, 0.4) is 0 Å². The van der Waals surface area contributed by atoms with Gasteiger partial charge in [0.2, 0.25) is 6.10 Å². The SMILES string of the molecule is CCS(=O)(=O)c1ccc(C(Oc2ccc(C#N)cc2)C(=O)NCCN2CCOCC2)cc1. The zero-order valence-corrected chi connectivity index (χ0v) is 18.8. The Kier molecular flexibility index (Phi) is 8.22. The highest BCUT2D eigenvalue weighted by atomic mass is 32.2. The number of morpholine rings is 1.